The van der Waals surface area contributed by atoms with Gasteiger partial charge in [0.1, 0.15) is 23.0 Å². The first-order valence-corrected chi connectivity index (χ1v) is 16.8. The van der Waals surface area contributed by atoms with E-state index in [1.165, 1.54) is 11.6 Å². The number of aromatic nitrogens is 2. The number of carbonyl (C=O) groups excluding carboxylic acids is 2. The van der Waals surface area contributed by atoms with E-state index in [1.54, 1.807) is 31.2 Å². The van der Waals surface area contributed by atoms with Crippen molar-refractivity contribution < 1.29 is 9.59 Å². The van der Waals surface area contributed by atoms with E-state index in [-0.39, 0.29) is 44.8 Å². The number of unbranched alkanes of at least 4 members (excludes halogenated alkanes) is 1. The largest absolute Gasteiger partial charge is 0.342 e. The van der Waals surface area contributed by atoms with Gasteiger partial charge in [0.15, 0.2) is 5.82 Å². The van der Waals surface area contributed by atoms with Crippen molar-refractivity contribution in [2.45, 2.75) is 60.3 Å². The summed E-state index contributed by atoms with van der Waals surface area (Å²) in [6, 6.07) is 18.1. The summed E-state index contributed by atoms with van der Waals surface area (Å²) >= 11 is 19.6. The van der Waals surface area contributed by atoms with E-state index >= 15 is 0 Å². The van der Waals surface area contributed by atoms with Gasteiger partial charge in [-0.3, -0.25) is 9.59 Å². The van der Waals surface area contributed by atoms with Crippen LogP contribution < -0.4 is 15.5 Å². The van der Waals surface area contributed by atoms with Gasteiger partial charge in [0.25, 0.3) is 0 Å². The Morgan fingerprint density at radius 2 is 1.65 bits per heavy atom. The Balaban J connectivity index is 1.72. The topological polar surface area (TPSA) is 128 Å². The van der Waals surface area contributed by atoms with Crippen LogP contribution in [0.1, 0.15) is 64.6 Å². The number of azo groups is 1. The van der Waals surface area contributed by atoms with E-state index in [2.05, 4.69) is 43.9 Å². The molecule has 0 radical (unpaired) electrons. The molecule has 4 aromatic rings. The van der Waals surface area contributed by atoms with Gasteiger partial charge in [-0.05, 0) is 81.3 Å². The fourth-order valence-corrected chi connectivity index (χ4v) is 6.03. The number of nitriles is 1. The molecule has 2 amide bonds. The molecule has 1 aromatic heterocycles. The maximum absolute atomic E-state index is 12.9. The van der Waals surface area contributed by atoms with Gasteiger partial charge in [-0.15, -0.1) is 10.2 Å². The van der Waals surface area contributed by atoms with E-state index in [0.29, 0.717) is 34.3 Å². The van der Waals surface area contributed by atoms with Crippen LogP contribution in [-0.2, 0) is 9.59 Å². The average Bonchev–Trinajstić information content (AvgIpc) is 3.35. The van der Waals surface area contributed by atoms with Crippen LogP contribution in [0.5, 0.6) is 0 Å². The SMILES string of the molecule is CCCCC(CC)C(=O)Nc1cc(Cl)c(-n2nc(C)c(C#N)c2N=Nc2ccc(N(CC)c3ccc(Cl)cc3)cc2NC(C)=O)c(Cl)c1. The maximum Gasteiger partial charge on any atom is 0.227 e. The molecule has 0 aliphatic carbocycles. The highest BCUT2D eigenvalue weighted by molar-refractivity contribution is 6.38. The highest BCUT2D eigenvalue weighted by atomic mass is 35.5. The predicted octanol–water partition coefficient (Wildman–Crippen LogP) is 10.7. The van der Waals surface area contributed by atoms with E-state index in [9.17, 15) is 14.9 Å². The molecule has 13 heteroatoms. The summed E-state index contributed by atoms with van der Waals surface area (Å²) in [4.78, 5) is 27.2. The van der Waals surface area contributed by atoms with Crippen LogP contribution in [0.4, 0.5) is 34.3 Å². The van der Waals surface area contributed by atoms with E-state index < -0.39 is 0 Å². The monoisotopic (exact) mass is 706 g/mol. The van der Waals surface area contributed by atoms with Crippen LogP contribution in [0.2, 0.25) is 15.1 Å². The molecule has 1 heterocycles. The number of amides is 2. The van der Waals surface area contributed by atoms with Gasteiger partial charge in [0, 0.05) is 41.5 Å². The lowest BCUT2D eigenvalue weighted by molar-refractivity contribution is -0.120. The first-order chi connectivity index (χ1) is 23.0. The maximum atomic E-state index is 12.9. The lowest BCUT2D eigenvalue weighted by atomic mass is 9.98. The van der Waals surface area contributed by atoms with Crippen molar-refractivity contribution in [2.24, 2.45) is 16.1 Å². The number of carbonyl (C=O) groups is 2. The minimum Gasteiger partial charge on any atom is -0.342 e. The fraction of sp³-hybridized carbons (Fsp3) is 0.314. The van der Waals surface area contributed by atoms with Gasteiger partial charge in [-0.25, -0.2) is 4.68 Å². The number of halogens is 3. The molecule has 1 atom stereocenters. The van der Waals surface area contributed by atoms with Crippen molar-refractivity contribution in [1.82, 2.24) is 9.78 Å². The lowest BCUT2D eigenvalue weighted by Gasteiger charge is -2.24. The Bertz CT molecular complexity index is 1840. The smallest absolute Gasteiger partial charge is 0.227 e. The number of rotatable bonds is 13. The molecule has 0 aliphatic heterocycles. The Morgan fingerprint density at radius 3 is 2.23 bits per heavy atom. The highest BCUT2D eigenvalue weighted by Crippen LogP contribution is 2.39. The number of anilines is 4. The van der Waals surface area contributed by atoms with Crippen LogP contribution in [0.3, 0.4) is 0 Å². The number of aryl methyl sites for hydroxylation is 1. The number of hydrogen-bond donors (Lipinski definition) is 2. The highest BCUT2D eigenvalue weighted by Gasteiger charge is 2.23. The molecule has 10 nitrogen and oxygen atoms in total. The van der Waals surface area contributed by atoms with E-state index in [4.69, 9.17) is 34.8 Å². The predicted molar refractivity (Wildman–Crippen MR) is 194 cm³/mol. The molecule has 0 saturated carbocycles. The van der Waals surface area contributed by atoms with Gasteiger partial charge < -0.3 is 15.5 Å². The second-order valence-electron chi connectivity index (χ2n) is 11.1. The zero-order valence-corrected chi connectivity index (χ0v) is 29.7. The minimum absolute atomic E-state index is 0.0930. The molecule has 250 valence electrons. The van der Waals surface area contributed by atoms with Crippen LogP contribution >= 0.6 is 34.8 Å². The standard InChI is InChI=1S/C35H37Cl3N8O2/c1-6-9-10-23(7-2)35(48)41-25-17-29(37)33(30(38)18-25)46-34(28(20-39)21(4)44-46)43-42-31-16-15-27(19-32(31)40-22(5)47)45(8-3)26-13-11-24(36)12-14-26/h11-19,23H,6-10H2,1-5H3,(H,40,47)(H,41,48). The van der Waals surface area contributed by atoms with Gasteiger partial charge in [-0.1, -0.05) is 61.5 Å². The number of nitrogens with one attached hydrogen (secondary N) is 2. The molecule has 0 bridgehead atoms. The Kier molecular flexibility index (Phi) is 12.6. The molecule has 1 unspecified atom stereocenters. The van der Waals surface area contributed by atoms with E-state index in [1.807, 2.05) is 44.2 Å². The molecule has 3 aromatic carbocycles. The molecule has 0 fully saturated rings. The second kappa shape index (κ2) is 16.6. The molecule has 48 heavy (non-hydrogen) atoms. The van der Waals surface area contributed by atoms with E-state index in [0.717, 1.165) is 37.1 Å². The summed E-state index contributed by atoms with van der Waals surface area (Å²) in [5, 5.41) is 30.1. The van der Waals surface area contributed by atoms with Crippen molar-refractivity contribution in [2.75, 3.05) is 22.1 Å². The molecule has 2 N–H and O–H groups in total. The van der Waals surface area contributed by atoms with Gasteiger partial charge in [0.2, 0.25) is 11.8 Å². The first kappa shape index (κ1) is 36.4. The van der Waals surface area contributed by atoms with Gasteiger partial charge in [-0.2, -0.15) is 10.4 Å². The van der Waals surface area contributed by atoms with Gasteiger partial charge >= 0.3 is 0 Å². The summed E-state index contributed by atoms with van der Waals surface area (Å²) in [5.41, 5.74) is 3.76. The summed E-state index contributed by atoms with van der Waals surface area (Å²) in [6.45, 7) is 9.81. The molecule has 4 rings (SSSR count). The Morgan fingerprint density at radius 1 is 0.979 bits per heavy atom. The number of benzene rings is 3. The third kappa shape index (κ3) is 8.53. The summed E-state index contributed by atoms with van der Waals surface area (Å²) in [5.74, 6) is -0.424. The third-order valence-corrected chi connectivity index (χ3v) is 8.55. The summed E-state index contributed by atoms with van der Waals surface area (Å²) in [7, 11) is 0. The fourth-order valence-electron chi connectivity index (χ4n) is 5.26. The van der Waals surface area contributed by atoms with Crippen molar-refractivity contribution in [3.63, 3.8) is 0 Å². The zero-order chi connectivity index (χ0) is 35.0. The normalized spacial score (nSPS) is 11.7. The van der Waals surface area contributed by atoms with Crippen LogP contribution in [0.15, 0.2) is 64.8 Å². The number of hydrogen-bond acceptors (Lipinski definition) is 7. The molecule has 0 aliphatic rings. The third-order valence-electron chi connectivity index (χ3n) is 7.72. The average molecular weight is 708 g/mol. The van der Waals surface area contributed by atoms with Crippen molar-refractivity contribution in [1.29, 1.82) is 5.26 Å². The lowest BCUT2D eigenvalue weighted by Crippen LogP contribution is -2.22. The molecule has 0 saturated heterocycles. The zero-order valence-electron chi connectivity index (χ0n) is 27.4. The molecule has 0 spiro atoms. The van der Waals surface area contributed by atoms with Crippen LogP contribution in [0, 0.1) is 24.2 Å². The Hall–Kier alpha value is -4.43. The van der Waals surface area contributed by atoms with Gasteiger partial charge in [0.05, 0.1) is 21.4 Å². The quantitative estimate of drug-likeness (QED) is 0.134. The summed E-state index contributed by atoms with van der Waals surface area (Å²) < 4.78 is 1.36. The van der Waals surface area contributed by atoms with Crippen LogP contribution in [-0.4, -0.2) is 28.1 Å². The Labute approximate surface area is 295 Å². The first-order valence-electron chi connectivity index (χ1n) is 15.7. The van der Waals surface area contributed by atoms with Crippen LogP contribution in [0.25, 0.3) is 5.69 Å². The van der Waals surface area contributed by atoms with Crippen molar-refractivity contribution in [3.05, 3.63) is 80.9 Å². The minimum atomic E-state index is -0.293. The van der Waals surface area contributed by atoms with Crippen molar-refractivity contribution >= 4 is 80.9 Å². The second-order valence-corrected chi connectivity index (χ2v) is 12.4. The molecular formula is C35H37Cl3N8O2. The molecular weight excluding hydrogens is 671 g/mol. The number of nitrogens with zero attached hydrogens (tertiary/aromatic N) is 6. The summed E-state index contributed by atoms with van der Waals surface area (Å²) in [6.07, 6.45) is 3.47. The van der Waals surface area contributed by atoms with Crippen molar-refractivity contribution in [3.8, 4) is 11.8 Å².